The van der Waals surface area contributed by atoms with Gasteiger partial charge in [-0.2, -0.15) is 0 Å². The summed E-state index contributed by atoms with van der Waals surface area (Å²) in [6.45, 7) is 5.00. The highest BCUT2D eigenvalue weighted by Gasteiger charge is 2.10. The van der Waals surface area contributed by atoms with Gasteiger partial charge in [0.25, 0.3) is 0 Å². The summed E-state index contributed by atoms with van der Waals surface area (Å²) in [5.41, 5.74) is 1.72. The SMILES string of the molecule is C=CCn1nnnc1NCc1ccccc1OCc1c(Cl)cccc1Cl. The first-order valence-electron chi connectivity index (χ1n) is 7.93. The van der Waals surface area contributed by atoms with E-state index in [9.17, 15) is 0 Å². The molecule has 0 aliphatic heterocycles. The van der Waals surface area contributed by atoms with Crippen molar-refractivity contribution in [3.05, 3.63) is 76.3 Å². The van der Waals surface area contributed by atoms with Crippen molar-refractivity contribution in [2.45, 2.75) is 19.7 Å². The average Bonchev–Trinajstić information content (AvgIpc) is 3.08. The van der Waals surface area contributed by atoms with E-state index in [-0.39, 0.29) is 6.61 Å². The largest absolute Gasteiger partial charge is 0.488 e. The standard InChI is InChI=1S/C18H17Cl2N5O/c1-2-10-25-18(22-23-24-25)21-11-13-6-3-4-9-17(13)26-12-14-15(19)7-5-8-16(14)20/h2-9H,1,10-12H2,(H,21,22,24). The summed E-state index contributed by atoms with van der Waals surface area (Å²) >= 11 is 12.4. The van der Waals surface area contributed by atoms with Crippen LogP contribution in [-0.4, -0.2) is 20.2 Å². The van der Waals surface area contributed by atoms with Crippen molar-refractivity contribution in [1.82, 2.24) is 20.2 Å². The van der Waals surface area contributed by atoms with Crippen LogP contribution in [0.15, 0.2) is 55.1 Å². The van der Waals surface area contributed by atoms with Crippen molar-refractivity contribution in [2.24, 2.45) is 0 Å². The molecule has 0 unspecified atom stereocenters. The maximum absolute atomic E-state index is 6.20. The number of benzene rings is 2. The van der Waals surface area contributed by atoms with Crippen LogP contribution in [0, 0.1) is 0 Å². The summed E-state index contributed by atoms with van der Waals surface area (Å²) in [6, 6.07) is 13.1. The van der Waals surface area contributed by atoms with Crippen LogP contribution >= 0.6 is 23.2 Å². The molecule has 0 aliphatic carbocycles. The number of halogens is 2. The van der Waals surface area contributed by atoms with Crippen molar-refractivity contribution < 1.29 is 4.74 Å². The smallest absolute Gasteiger partial charge is 0.243 e. The first-order valence-corrected chi connectivity index (χ1v) is 8.69. The Labute approximate surface area is 161 Å². The maximum Gasteiger partial charge on any atom is 0.243 e. The van der Waals surface area contributed by atoms with Crippen LogP contribution in [-0.2, 0) is 19.7 Å². The van der Waals surface area contributed by atoms with Crippen LogP contribution in [0.2, 0.25) is 10.0 Å². The molecule has 26 heavy (non-hydrogen) atoms. The summed E-state index contributed by atoms with van der Waals surface area (Å²) in [5.74, 6) is 1.30. The Hall–Kier alpha value is -2.57. The van der Waals surface area contributed by atoms with Gasteiger partial charge in [0.2, 0.25) is 5.95 Å². The third-order valence-electron chi connectivity index (χ3n) is 3.68. The van der Waals surface area contributed by atoms with Gasteiger partial charge in [0.15, 0.2) is 0 Å². The summed E-state index contributed by atoms with van der Waals surface area (Å²) in [5, 5.41) is 15.9. The van der Waals surface area contributed by atoms with Crippen molar-refractivity contribution in [1.29, 1.82) is 0 Å². The Morgan fingerprint density at radius 1 is 1.12 bits per heavy atom. The molecule has 1 aromatic heterocycles. The van der Waals surface area contributed by atoms with Crippen molar-refractivity contribution in [2.75, 3.05) is 5.32 Å². The highest BCUT2D eigenvalue weighted by Crippen LogP contribution is 2.27. The van der Waals surface area contributed by atoms with Gasteiger partial charge in [-0.15, -0.1) is 6.58 Å². The Morgan fingerprint density at radius 3 is 2.65 bits per heavy atom. The fraction of sp³-hybridized carbons (Fsp3) is 0.167. The Balaban J connectivity index is 1.70. The van der Waals surface area contributed by atoms with Gasteiger partial charge >= 0.3 is 0 Å². The van der Waals surface area contributed by atoms with Gasteiger partial charge in [-0.1, -0.05) is 58.6 Å². The number of tetrazole rings is 1. The molecule has 0 atom stereocenters. The van der Waals surface area contributed by atoms with Gasteiger partial charge in [-0.25, -0.2) is 4.68 Å². The van der Waals surface area contributed by atoms with Crippen molar-refractivity contribution >= 4 is 29.2 Å². The number of allylic oxidation sites excluding steroid dienone is 1. The van der Waals surface area contributed by atoms with Crippen LogP contribution in [0.4, 0.5) is 5.95 Å². The molecule has 0 fully saturated rings. The Morgan fingerprint density at radius 2 is 1.88 bits per heavy atom. The second-order valence-electron chi connectivity index (χ2n) is 5.42. The summed E-state index contributed by atoms with van der Waals surface area (Å²) < 4.78 is 7.57. The maximum atomic E-state index is 6.20. The minimum absolute atomic E-state index is 0.281. The minimum Gasteiger partial charge on any atom is -0.488 e. The van der Waals surface area contributed by atoms with E-state index >= 15 is 0 Å². The van der Waals surface area contributed by atoms with Gasteiger partial charge in [-0.3, -0.25) is 0 Å². The average molecular weight is 390 g/mol. The minimum atomic E-state index is 0.281. The number of hydrogen-bond acceptors (Lipinski definition) is 5. The number of aromatic nitrogens is 4. The van der Waals surface area contributed by atoms with Gasteiger partial charge in [0.1, 0.15) is 12.4 Å². The zero-order valence-electron chi connectivity index (χ0n) is 13.9. The molecule has 3 rings (SSSR count). The number of hydrogen-bond donors (Lipinski definition) is 1. The molecule has 6 nitrogen and oxygen atoms in total. The highest BCUT2D eigenvalue weighted by atomic mass is 35.5. The number of anilines is 1. The third kappa shape index (κ3) is 4.33. The second kappa shape index (κ2) is 8.69. The zero-order chi connectivity index (χ0) is 18.4. The van der Waals surface area contributed by atoms with Crippen LogP contribution in [0.5, 0.6) is 5.75 Å². The molecule has 3 aromatic rings. The predicted octanol–water partition coefficient (Wildman–Crippen LogP) is 4.36. The topological polar surface area (TPSA) is 64.9 Å². The van der Waals surface area contributed by atoms with Crippen LogP contribution in [0.1, 0.15) is 11.1 Å². The van der Waals surface area contributed by atoms with Crippen LogP contribution in [0.25, 0.3) is 0 Å². The lowest BCUT2D eigenvalue weighted by Gasteiger charge is -2.14. The van der Waals surface area contributed by atoms with Gasteiger partial charge in [-0.05, 0) is 28.6 Å². The molecular weight excluding hydrogens is 373 g/mol. The number of nitrogens with one attached hydrogen (secondary N) is 1. The molecule has 0 radical (unpaired) electrons. The van der Waals surface area contributed by atoms with E-state index in [1.54, 1.807) is 29.0 Å². The number of para-hydroxylation sites is 1. The van der Waals surface area contributed by atoms with Gasteiger partial charge in [0.05, 0.1) is 6.54 Å². The molecule has 8 heteroatoms. The monoisotopic (exact) mass is 389 g/mol. The van der Waals surface area contributed by atoms with Crippen molar-refractivity contribution in [3.8, 4) is 5.75 Å². The van der Waals surface area contributed by atoms with Crippen molar-refractivity contribution in [3.63, 3.8) is 0 Å². The molecule has 2 aromatic carbocycles. The number of ether oxygens (including phenoxy) is 1. The van der Waals surface area contributed by atoms with E-state index in [0.717, 1.165) is 16.9 Å². The number of nitrogens with zero attached hydrogens (tertiary/aromatic N) is 4. The fourth-order valence-electron chi connectivity index (χ4n) is 2.36. The molecule has 0 saturated heterocycles. The van der Waals surface area contributed by atoms with Gasteiger partial charge in [0, 0.05) is 27.7 Å². The lowest BCUT2D eigenvalue weighted by molar-refractivity contribution is 0.303. The Bertz CT molecular complexity index is 877. The molecule has 0 bridgehead atoms. The normalized spacial score (nSPS) is 10.5. The lowest BCUT2D eigenvalue weighted by atomic mass is 10.2. The fourth-order valence-corrected chi connectivity index (χ4v) is 2.87. The molecule has 0 saturated carbocycles. The predicted molar refractivity (Wildman–Crippen MR) is 103 cm³/mol. The number of rotatable bonds is 8. The molecule has 0 amide bonds. The van der Waals surface area contributed by atoms with E-state index in [1.165, 1.54) is 0 Å². The molecule has 1 heterocycles. The zero-order valence-corrected chi connectivity index (χ0v) is 15.4. The first kappa shape index (κ1) is 18.2. The van der Waals surface area contributed by atoms with Crippen LogP contribution < -0.4 is 10.1 Å². The molecule has 0 spiro atoms. The van der Waals surface area contributed by atoms with E-state index < -0.39 is 0 Å². The quantitative estimate of drug-likeness (QED) is 0.579. The third-order valence-corrected chi connectivity index (χ3v) is 4.39. The van der Waals surface area contributed by atoms with E-state index in [0.29, 0.717) is 29.1 Å². The summed E-state index contributed by atoms with van der Waals surface area (Å²) in [4.78, 5) is 0. The molecular formula is C18H17Cl2N5O. The lowest BCUT2D eigenvalue weighted by Crippen LogP contribution is -2.09. The first-order chi connectivity index (χ1) is 12.7. The van der Waals surface area contributed by atoms with E-state index in [4.69, 9.17) is 27.9 Å². The molecule has 0 aliphatic rings. The summed E-state index contributed by atoms with van der Waals surface area (Å²) in [7, 11) is 0. The Kier molecular flexibility index (Phi) is 6.09. The summed E-state index contributed by atoms with van der Waals surface area (Å²) in [6.07, 6.45) is 1.73. The van der Waals surface area contributed by atoms with E-state index in [1.807, 2.05) is 24.3 Å². The highest BCUT2D eigenvalue weighted by molar-refractivity contribution is 6.35. The second-order valence-corrected chi connectivity index (χ2v) is 6.24. The van der Waals surface area contributed by atoms with Crippen LogP contribution in [0.3, 0.4) is 0 Å². The van der Waals surface area contributed by atoms with E-state index in [2.05, 4.69) is 27.4 Å². The van der Waals surface area contributed by atoms with Gasteiger partial charge < -0.3 is 10.1 Å². The molecule has 134 valence electrons. The molecule has 1 N–H and O–H groups in total.